The predicted octanol–water partition coefficient (Wildman–Crippen LogP) is 0.835. The van der Waals surface area contributed by atoms with Crippen LogP contribution in [0.3, 0.4) is 0 Å². The fourth-order valence-corrected chi connectivity index (χ4v) is 4.86. The normalized spacial score (nSPS) is 27.8. The average molecular weight is 203 g/mol. The van der Waals surface area contributed by atoms with E-state index in [0.29, 0.717) is 6.54 Å². The van der Waals surface area contributed by atoms with E-state index in [0.717, 1.165) is 38.5 Å². The van der Waals surface area contributed by atoms with E-state index in [1.165, 1.54) is 0 Å². The van der Waals surface area contributed by atoms with E-state index in [2.05, 4.69) is 0 Å². The van der Waals surface area contributed by atoms with Crippen molar-refractivity contribution in [3.8, 4) is 0 Å². The van der Waals surface area contributed by atoms with Crippen LogP contribution in [-0.2, 0) is 9.84 Å². The van der Waals surface area contributed by atoms with E-state index >= 15 is 0 Å². The molecule has 2 saturated carbocycles. The number of hydrogen-bond donors (Lipinski definition) is 1. The van der Waals surface area contributed by atoms with E-state index in [1.54, 1.807) is 0 Å². The predicted molar refractivity (Wildman–Crippen MR) is 52.2 cm³/mol. The monoisotopic (exact) mass is 203 g/mol. The van der Waals surface area contributed by atoms with E-state index < -0.39 is 14.6 Å². The first-order valence-corrected chi connectivity index (χ1v) is 6.60. The number of rotatable bonds is 3. The molecule has 2 N–H and O–H groups in total. The molecule has 0 radical (unpaired) electrons. The van der Waals surface area contributed by atoms with Crippen LogP contribution in [0.15, 0.2) is 0 Å². The first-order valence-electron chi connectivity index (χ1n) is 5.06. The van der Waals surface area contributed by atoms with Crippen molar-refractivity contribution in [3.63, 3.8) is 0 Å². The van der Waals surface area contributed by atoms with Crippen molar-refractivity contribution in [3.05, 3.63) is 0 Å². The van der Waals surface area contributed by atoms with Crippen LogP contribution in [0.25, 0.3) is 0 Å². The molecule has 0 aromatic heterocycles. The summed E-state index contributed by atoms with van der Waals surface area (Å²) in [4.78, 5) is 0. The van der Waals surface area contributed by atoms with Crippen LogP contribution in [-0.4, -0.2) is 25.0 Å². The molecule has 0 heterocycles. The van der Waals surface area contributed by atoms with E-state index in [4.69, 9.17) is 5.73 Å². The third-order valence-electron chi connectivity index (χ3n) is 3.52. The highest BCUT2D eigenvalue weighted by molar-refractivity contribution is 7.93. The summed E-state index contributed by atoms with van der Waals surface area (Å²) in [6.45, 7) is 0.325. The quantitative estimate of drug-likeness (QED) is 0.739. The van der Waals surface area contributed by atoms with Crippen LogP contribution in [0.1, 0.15) is 38.5 Å². The lowest BCUT2D eigenvalue weighted by Crippen LogP contribution is -2.38. The standard InChI is InChI=1S/C9H17NO2S/c10-7-9(5-6-9)13(11,12)8-3-1-2-4-8/h8H,1-7,10H2. The molecule has 0 aromatic carbocycles. The lowest BCUT2D eigenvalue weighted by molar-refractivity contribution is 0.560. The van der Waals surface area contributed by atoms with Gasteiger partial charge in [0.25, 0.3) is 0 Å². The van der Waals surface area contributed by atoms with Gasteiger partial charge in [-0.3, -0.25) is 0 Å². The molecule has 13 heavy (non-hydrogen) atoms. The number of hydrogen-bond acceptors (Lipinski definition) is 3. The molecule has 2 rings (SSSR count). The lowest BCUT2D eigenvalue weighted by Gasteiger charge is -2.18. The highest BCUT2D eigenvalue weighted by Gasteiger charge is 2.55. The third kappa shape index (κ3) is 1.31. The summed E-state index contributed by atoms with van der Waals surface area (Å²) in [6.07, 6.45) is 5.47. The Hall–Kier alpha value is -0.0900. The van der Waals surface area contributed by atoms with Crippen LogP contribution in [0.5, 0.6) is 0 Å². The van der Waals surface area contributed by atoms with Gasteiger partial charge >= 0.3 is 0 Å². The molecule has 0 amide bonds. The summed E-state index contributed by atoms with van der Waals surface area (Å²) in [5.74, 6) is 0. The zero-order chi connectivity index (χ0) is 9.53. The van der Waals surface area contributed by atoms with Gasteiger partial charge < -0.3 is 5.73 Å². The Bertz CT molecular complexity index is 287. The molecule has 0 atom stereocenters. The van der Waals surface area contributed by atoms with Gasteiger partial charge in [0.05, 0.1) is 10.00 Å². The Kier molecular flexibility index (Phi) is 2.15. The average Bonchev–Trinajstić information content (AvgIpc) is 2.72. The minimum absolute atomic E-state index is 0.0708. The minimum Gasteiger partial charge on any atom is -0.329 e. The Morgan fingerprint density at radius 1 is 1.23 bits per heavy atom. The van der Waals surface area contributed by atoms with Crippen molar-refractivity contribution in [2.24, 2.45) is 5.73 Å². The molecule has 0 aromatic rings. The Balaban J connectivity index is 2.20. The topological polar surface area (TPSA) is 60.2 Å². The van der Waals surface area contributed by atoms with Crippen molar-refractivity contribution < 1.29 is 8.42 Å². The van der Waals surface area contributed by atoms with Crippen molar-refractivity contribution >= 4 is 9.84 Å². The summed E-state index contributed by atoms with van der Waals surface area (Å²) in [6, 6.07) is 0. The Morgan fingerprint density at radius 2 is 1.77 bits per heavy atom. The molecule has 2 aliphatic rings. The number of sulfone groups is 1. The zero-order valence-corrected chi connectivity index (χ0v) is 8.65. The second kappa shape index (κ2) is 2.95. The van der Waals surface area contributed by atoms with Gasteiger partial charge in [0.15, 0.2) is 9.84 Å². The molecule has 2 aliphatic carbocycles. The summed E-state index contributed by atoms with van der Waals surface area (Å²) in [5, 5.41) is -0.0708. The third-order valence-corrected chi connectivity index (χ3v) is 6.66. The molecule has 76 valence electrons. The van der Waals surface area contributed by atoms with Crippen LogP contribution in [0.4, 0.5) is 0 Å². The van der Waals surface area contributed by atoms with E-state index in [9.17, 15) is 8.42 Å². The maximum atomic E-state index is 12.1. The van der Waals surface area contributed by atoms with E-state index in [-0.39, 0.29) is 5.25 Å². The van der Waals surface area contributed by atoms with Crippen LogP contribution in [0, 0.1) is 0 Å². The molecule has 0 saturated heterocycles. The summed E-state index contributed by atoms with van der Waals surface area (Å²) in [5.41, 5.74) is 5.54. The molecule has 0 unspecified atom stereocenters. The van der Waals surface area contributed by atoms with Gasteiger partial charge in [0, 0.05) is 6.54 Å². The first-order chi connectivity index (χ1) is 6.12. The summed E-state index contributed by atoms with van der Waals surface area (Å²) < 4.78 is 23.6. The lowest BCUT2D eigenvalue weighted by atomic mass is 10.4. The maximum absolute atomic E-state index is 12.1. The number of nitrogens with two attached hydrogens (primary N) is 1. The smallest absolute Gasteiger partial charge is 0.160 e. The van der Waals surface area contributed by atoms with Gasteiger partial charge in [0.2, 0.25) is 0 Å². The molecule has 0 bridgehead atoms. The van der Waals surface area contributed by atoms with Crippen LogP contribution < -0.4 is 5.73 Å². The fourth-order valence-electron chi connectivity index (χ4n) is 2.30. The molecular weight excluding hydrogens is 186 g/mol. The first kappa shape index (κ1) is 9.46. The van der Waals surface area contributed by atoms with Gasteiger partial charge in [-0.05, 0) is 25.7 Å². The molecule has 0 aliphatic heterocycles. The summed E-state index contributed by atoms with van der Waals surface area (Å²) >= 11 is 0. The molecule has 0 spiro atoms. The largest absolute Gasteiger partial charge is 0.329 e. The van der Waals surface area contributed by atoms with Crippen molar-refractivity contribution in [2.45, 2.75) is 48.5 Å². The highest BCUT2D eigenvalue weighted by Crippen LogP contribution is 2.47. The fraction of sp³-hybridized carbons (Fsp3) is 1.00. The van der Waals surface area contributed by atoms with Gasteiger partial charge in [-0.1, -0.05) is 12.8 Å². The van der Waals surface area contributed by atoms with Gasteiger partial charge in [0.1, 0.15) is 0 Å². The van der Waals surface area contributed by atoms with Crippen molar-refractivity contribution in [2.75, 3.05) is 6.54 Å². The zero-order valence-electron chi connectivity index (χ0n) is 7.83. The second-order valence-corrected chi connectivity index (χ2v) is 6.96. The van der Waals surface area contributed by atoms with Gasteiger partial charge in [-0.15, -0.1) is 0 Å². The molecule has 4 heteroatoms. The van der Waals surface area contributed by atoms with Crippen molar-refractivity contribution in [1.82, 2.24) is 0 Å². The van der Waals surface area contributed by atoms with Crippen molar-refractivity contribution in [1.29, 1.82) is 0 Å². The van der Waals surface area contributed by atoms with Gasteiger partial charge in [-0.2, -0.15) is 0 Å². The Labute approximate surface area is 79.6 Å². The minimum atomic E-state index is -2.90. The second-order valence-electron chi connectivity index (χ2n) is 4.34. The van der Waals surface area contributed by atoms with Gasteiger partial charge in [-0.25, -0.2) is 8.42 Å². The SMILES string of the molecule is NCC1(S(=O)(=O)C2CCCC2)CC1. The molecule has 2 fully saturated rings. The molecule has 3 nitrogen and oxygen atoms in total. The van der Waals surface area contributed by atoms with Crippen LogP contribution in [0.2, 0.25) is 0 Å². The van der Waals surface area contributed by atoms with E-state index in [1.807, 2.05) is 0 Å². The van der Waals surface area contributed by atoms with Crippen LogP contribution >= 0.6 is 0 Å². The maximum Gasteiger partial charge on any atom is 0.160 e. The Morgan fingerprint density at radius 3 is 2.15 bits per heavy atom. The summed E-state index contributed by atoms with van der Waals surface area (Å²) in [7, 11) is -2.90. The molecular formula is C9H17NO2S. The highest BCUT2D eigenvalue weighted by atomic mass is 32.2.